The van der Waals surface area contributed by atoms with Crippen molar-refractivity contribution in [3.8, 4) is 0 Å². The van der Waals surface area contributed by atoms with E-state index in [1.165, 1.54) is 17.1 Å². The summed E-state index contributed by atoms with van der Waals surface area (Å²) in [6.45, 7) is -0.595. The number of aliphatic hydroxyl groups excluding tert-OH is 1. The predicted molar refractivity (Wildman–Crippen MR) is 139 cm³/mol. The van der Waals surface area contributed by atoms with Crippen LogP contribution in [-0.4, -0.2) is 45.6 Å². The Balaban J connectivity index is 1.62. The highest BCUT2D eigenvalue weighted by molar-refractivity contribution is 6.34. The quantitative estimate of drug-likeness (QED) is 0.270. The number of anilines is 2. The molecule has 0 atom stereocenters. The topological polar surface area (TPSA) is 133 Å². The molecule has 0 radical (unpaired) electrons. The highest BCUT2D eigenvalue weighted by atomic mass is 35.5. The summed E-state index contributed by atoms with van der Waals surface area (Å²) in [4.78, 5) is 38.5. The third-order valence-corrected chi connectivity index (χ3v) is 6.31. The second-order valence-electron chi connectivity index (χ2n) is 8.33. The average molecular weight is 575 g/mol. The van der Waals surface area contributed by atoms with Crippen LogP contribution in [-0.2, 0) is 19.6 Å². The molecule has 2 N–H and O–H groups in total. The maximum absolute atomic E-state index is 14.6. The summed E-state index contributed by atoms with van der Waals surface area (Å²) in [5, 5.41) is 16.9. The number of nitrogens with zero attached hydrogens (tertiary/aromatic N) is 7. The lowest BCUT2D eigenvalue weighted by atomic mass is 10.2. The normalized spacial score (nSPS) is 11.3. The van der Waals surface area contributed by atoms with Crippen molar-refractivity contribution < 1.29 is 13.9 Å². The van der Waals surface area contributed by atoms with Gasteiger partial charge in [0.05, 0.1) is 47.5 Å². The van der Waals surface area contributed by atoms with Crippen LogP contribution in [0.2, 0.25) is 10.0 Å². The van der Waals surface area contributed by atoms with E-state index in [1.54, 1.807) is 24.4 Å². The Kier molecular flexibility index (Phi) is 7.37. The summed E-state index contributed by atoms with van der Waals surface area (Å²) >= 11 is 12.3. The lowest BCUT2D eigenvalue weighted by Crippen LogP contribution is -2.43. The van der Waals surface area contributed by atoms with E-state index in [-0.39, 0.29) is 52.8 Å². The fraction of sp³-hybridized carbons (Fsp3) is 0.167. The second kappa shape index (κ2) is 10.9. The van der Waals surface area contributed by atoms with Crippen molar-refractivity contribution in [2.75, 3.05) is 11.9 Å². The first-order chi connectivity index (χ1) is 18.7. The van der Waals surface area contributed by atoms with Crippen LogP contribution in [0.25, 0.3) is 10.9 Å². The van der Waals surface area contributed by atoms with Gasteiger partial charge in [0.25, 0.3) is 0 Å². The van der Waals surface area contributed by atoms with Crippen molar-refractivity contribution in [1.29, 1.82) is 0 Å². The molecule has 0 bridgehead atoms. The molecule has 0 spiro atoms. The molecule has 0 fully saturated rings. The number of halogens is 4. The van der Waals surface area contributed by atoms with Crippen LogP contribution in [0.15, 0.2) is 58.5 Å². The third kappa shape index (κ3) is 5.50. The van der Waals surface area contributed by atoms with Crippen molar-refractivity contribution in [3.05, 3.63) is 103 Å². The molecule has 2 aromatic carbocycles. The molecule has 0 aliphatic heterocycles. The van der Waals surface area contributed by atoms with Crippen molar-refractivity contribution in [1.82, 2.24) is 33.9 Å². The van der Waals surface area contributed by atoms with Crippen LogP contribution in [0.5, 0.6) is 0 Å². The highest BCUT2D eigenvalue weighted by Crippen LogP contribution is 2.29. The van der Waals surface area contributed by atoms with Crippen molar-refractivity contribution >= 4 is 45.7 Å². The van der Waals surface area contributed by atoms with E-state index >= 15 is 0 Å². The number of fused-ring (bicyclic) bond motifs is 1. The summed E-state index contributed by atoms with van der Waals surface area (Å²) in [5.74, 6) is -1.99. The van der Waals surface area contributed by atoms with Crippen LogP contribution >= 0.6 is 23.2 Å². The lowest BCUT2D eigenvalue weighted by molar-refractivity contribution is 0.270. The van der Waals surface area contributed by atoms with E-state index < -0.39 is 29.6 Å². The van der Waals surface area contributed by atoms with Crippen molar-refractivity contribution in [2.24, 2.45) is 0 Å². The van der Waals surface area contributed by atoms with Gasteiger partial charge in [0.2, 0.25) is 5.95 Å². The fourth-order valence-corrected chi connectivity index (χ4v) is 4.23. The average Bonchev–Trinajstić information content (AvgIpc) is 3.29. The number of benzene rings is 2. The van der Waals surface area contributed by atoms with E-state index in [9.17, 15) is 23.5 Å². The van der Waals surface area contributed by atoms with Gasteiger partial charge in [-0.15, -0.1) is 0 Å². The van der Waals surface area contributed by atoms with E-state index in [0.29, 0.717) is 17.0 Å². The van der Waals surface area contributed by atoms with E-state index in [1.807, 2.05) is 0 Å². The Labute approximate surface area is 227 Å². The molecule has 3 aromatic heterocycles. The molecule has 39 heavy (non-hydrogen) atoms. The summed E-state index contributed by atoms with van der Waals surface area (Å²) in [5.41, 5.74) is -1.09. The van der Waals surface area contributed by atoms with Gasteiger partial charge in [0.15, 0.2) is 0 Å². The molecule has 0 saturated carbocycles. The van der Waals surface area contributed by atoms with Crippen LogP contribution < -0.4 is 16.7 Å². The second-order valence-corrected chi connectivity index (χ2v) is 9.14. The zero-order valence-electron chi connectivity index (χ0n) is 19.9. The summed E-state index contributed by atoms with van der Waals surface area (Å²) in [7, 11) is 0. The lowest BCUT2D eigenvalue weighted by Gasteiger charge is -2.16. The molecule has 0 aliphatic carbocycles. The van der Waals surface area contributed by atoms with Gasteiger partial charge in [0.1, 0.15) is 17.5 Å². The summed E-state index contributed by atoms with van der Waals surface area (Å²) in [6.07, 6.45) is 4.58. The molecule has 0 aliphatic rings. The van der Waals surface area contributed by atoms with E-state index in [4.69, 9.17) is 23.2 Å². The third-order valence-electron chi connectivity index (χ3n) is 5.70. The number of rotatable bonds is 8. The molecule has 5 rings (SSSR count). The maximum atomic E-state index is 14.6. The maximum Gasteiger partial charge on any atom is 0.355 e. The van der Waals surface area contributed by atoms with Gasteiger partial charge in [-0.1, -0.05) is 23.2 Å². The zero-order valence-corrected chi connectivity index (χ0v) is 21.4. The molecule has 11 nitrogen and oxygen atoms in total. The van der Waals surface area contributed by atoms with Gasteiger partial charge >= 0.3 is 11.4 Å². The van der Waals surface area contributed by atoms with Gasteiger partial charge in [0, 0.05) is 35.6 Å². The number of aliphatic hydroxyl groups is 1. The first kappa shape index (κ1) is 26.4. The van der Waals surface area contributed by atoms with E-state index in [2.05, 4.69) is 25.4 Å². The first-order valence-corrected chi connectivity index (χ1v) is 12.1. The summed E-state index contributed by atoms with van der Waals surface area (Å²) in [6, 6.07) is 6.40. The number of hydrogen-bond acceptors (Lipinski definition) is 8. The van der Waals surface area contributed by atoms with Crippen LogP contribution in [0, 0.1) is 11.6 Å². The molecule has 3 heterocycles. The molecule has 0 saturated heterocycles. The fourth-order valence-electron chi connectivity index (χ4n) is 3.84. The molecular formula is C24H18Cl2F2N8O3. The summed E-state index contributed by atoms with van der Waals surface area (Å²) < 4.78 is 31.7. The minimum absolute atomic E-state index is 0.114. The minimum atomic E-state index is -0.963. The predicted octanol–water partition coefficient (Wildman–Crippen LogP) is 2.96. The largest absolute Gasteiger partial charge is 0.394 e. The Morgan fingerprint density at radius 1 is 0.949 bits per heavy atom. The standard InChI is InChI=1S/C24H18Cl2F2N8O3/c25-15-6-13(17(27)9-18(15)28)11-35-22(32-23(38)36(24(35)39)12-21-29-2-1-3-30-21)31-20-7-14-10-34(4-5-37)33-19(14)8-16(20)26/h1-3,6-10,37H,4-5,11-12H2,(H,31,32,38). The van der Waals surface area contributed by atoms with Gasteiger partial charge in [-0.3, -0.25) is 9.25 Å². The van der Waals surface area contributed by atoms with Crippen LogP contribution in [0.1, 0.15) is 11.4 Å². The SMILES string of the molecule is O=c1nc(Nc2cc3cn(CCO)nc3cc2Cl)n(Cc2cc(Cl)c(F)cc2F)c(=O)n1Cc1ncccn1. The van der Waals surface area contributed by atoms with Gasteiger partial charge < -0.3 is 10.4 Å². The number of aromatic nitrogens is 7. The Hall–Kier alpha value is -4.20. The number of hydrogen-bond donors (Lipinski definition) is 2. The molecule has 15 heteroatoms. The van der Waals surface area contributed by atoms with Gasteiger partial charge in [-0.2, -0.15) is 10.1 Å². The van der Waals surface area contributed by atoms with Crippen LogP contribution in [0.4, 0.5) is 20.4 Å². The molecule has 5 aromatic rings. The monoisotopic (exact) mass is 574 g/mol. The highest BCUT2D eigenvalue weighted by Gasteiger charge is 2.19. The van der Waals surface area contributed by atoms with E-state index in [0.717, 1.165) is 15.2 Å². The minimum Gasteiger partial charge on any atom is -0.394 e. The molecule has 0 unspecified atom stereocenters. The smallest absolute Gasteiger partial charge is 0.355 e. The first-order valence-electron chi connectivity index (χ1n) is 11.4. The van der Waals surface area contributed by atoms with Gasteiger partial charge in [-0.05, 0) is 24.3 Å². The zero-order chi connectivity index (χ0) is 27.7. The Morgan fingerprint density at radius 2 is 1.72 bits per heavy atom. The molecule has 200 valence electrons. The Morgan fingerprint density at radius 3 is 2.46 bits per heavy atom. The molecular weight excluding hydrogens is 557 g/mol. The van der Waals surface area contributed by atoms with Crippen molar-refractivity contribution in [3.63, 3.8) is 0 Å². The van der Waals surface area contributed by atoms with Gasteiger partial charge in [-0.25, -0.2) is 32.9 Å². The van der Waals surface area contributed by atoms with Crippen molar-refractivity contribution in [2.45, 2.75) is 19.6 Å². The Bertz CT molecular complexity index is 1810. The van der Waals surface area contributed by atoms with Crippen LogP contribution in [0.3, 0.4) is 0 Å². The molecule has 0 amide bonds. The number of nitrogens with one attached hydrogen (secondary N) is 1.